The molecule has 1 N–H and O–H groups in total. The second kappa shape index (κ2) is 7.92. The van der Waals surface area contributed by atoms with Gasteiger partial charge in [-0.25, -0.2) is 12.7 Å². The van der Waals surface area contributed by atoms with Gasteiger partial charge in [0.1, 0.15) is 0 Å². The number of nitrogens with zero attached hydrogens (tertiary/aromatic N) is 3. The molecule has 0 fully saturated rings. The van der Waals surface area contributed by atoms with Crippen LogP contribution in [-0.2, 0) is 17.1 Å². The van der Waals surface area contributed by atoms with Crippen molar-refractivity contribution in [2.75, 3.05) is 14.1 Å². The molecule has 10 heteroatoms. The van der Waals surface area contributed by atoms with Crippen molar-refractivity contribution >= 4 is 54.8 Å². The van der Waals surface area contributed by atoms with E-state index < -0.39 is 15.9 Å². The molecular formula is C18H18N4O3S3. The highest BCUT2D eigenvalue weighted by Crippen LogP contribution is 2.15. The van der Waals surface area contributed by atoms with Crippen molar-refractivity contribution in [2.45, 2.75) is 4.90 Å². The molecule has 0 atom stereocenters. The number of hydrogen-bond acceptors (Lipinski definition) is 5. The molecule has 0 aliphatic rings. The average Bonchev–Trinajstić information content (AvgIpc) is 2.97. The number of aromatic nitrogens is 1. The maximum absolute atomic E-state index is 12.4. The molecule has 3 aromatic rings. The first kappa shape index (κ1) is 20.3. The summed E-state index contributed by atoms with van der Waals surface area (Å²) in [5, 5.41) is 2.60. The lowest BCUT2D eigenvalue weighted by atomic mass is 10.2. The number of carbonyl (C=O) groups excluding carboxylic acids is 1. The van der Waals surface area contributed by atoms with Crippen molar-refractivity contribution in [2.24, 2.45) is 12.0 Å². The minimum Gasteiger partial charge on any atom is -0.319 e. The number of fused-ring (bicyclic) bond motifs is 1. The number of benzene rings is 2. The van der Waals surface area contributed by atoms with Crippen LogP contribution in [0.5, 0.6) is 0 Å². The maximum atomic E-state index is 12.4. The Morgan fingerprint density at radius 2 is 1.79 bits per heavy atom. The van der Waals surface area contributed by atoms with Crippen LogP contribution in [0.2, 0.25) is 0 Å². The Labute approximate surface area is 172 Å². The topological polar surface area (TPSA) is 83.8 Å². The molecule has 0 saturated carbocycles. The monoisotopic (exact) mass is 434 g/mol. The molecule has 0 aliphatic heterocycles. The number of para-hydroxylation sites is 1. The van der Waals surface area contributed by atoms with Crippen LogP contribution in [0.4, 0.5) is 0 Å². The molecule has 0 bridgehead atoms. The van der Waals surface area contributed by atoms with E-state index in [0.29, 0.717) is 4.80 Å². The van der Waals surface area contributed by atoms with Crippen LogP contribution in [0, 0.1) is 0 Å². The summed E-state index contributed by atoms with van der Waals surface area (Å²) in [6.45, 7) is 0. The summed E-state index contributed by atoms with van der Waals surface area (Å²) in [6, 6.07) is 13.5. The van der Waals surface area contributed by atoms with Gasteiger partial charge in [-0.05, 0) is 48.6 Å². The van der Waals surface area contributed by atoms with Gasteiger partial charge in [-0.1, -0.05) is 23.5 Å². The van der Waals surface area contributed by atoms with Gasteiger partial charge in [0.2, 0.25) is 15.1 Å². The van der Waals surface area contributed by atoms with Crippen molar-refractivity contribution in [1.82, 2.24) is 14.2 Å². The van der Waals surface area contributed by atoms with Crippen LogP contribution in [0.3, 0.4) is 0 Å². The molecule has 0 saturated heterocycles. The number of nitrogens with one attached hydrogen (secondary N) is 1. The number of hydrogen-bond donors (Lipinski definition) is 1. The van der Waals surface area contributed by atoms with Crippen molar-refractivity contribution < 1.29 is 13.2 Å². The Kier molecular flexibility index (Phi) is 5.75. The standard InChI is InChI=1S/C18H18N4O3S3/c1-21(2)28(24,25)13-10-8-12(9-11-13)16(23)19-17(26)20-18-22(3)14-6-4-5-7-15(14)27-18/h4-11H,1-3H3,(H,19,23,26)/b20-18-. The summed E-state index contributed by atoms with van der Waals surface area (Å²) >= 11 is 6.66. The van der Waals surface area contributed by atoms with Crippen LogP contribution in [-0.4, -0.2) is 42.4 Å². The molecular weight excluding hydrogens is 416 g/mol. The molecule has 1 amide bonds. The Hall–Kier alpha value is -2.40. The Balaban J connectivity index is 1.79. The zero-order chi connectivity index (χ0) is 20.5. The van der Waals surface area contributed by atoms with Gasteiger partial charge in [-0.15, -0.1) is 0 Å². The van der Waals surface area contributed by atoms with Crippen LogP contribution < -0.4 is 10.1 Å². The second-order valence-corrected chi connectivity index (χ2v) is 9.64. The molecule has 0 spiro atoms. The van der Waals surface area contributed by atoms with Gasteiger partial charge < -0.3 is 4.57 Å². The van der Waals surface area contributed by atoms with Crippen LogP contribution in [0.25, 0.3) is 10.2 Å². The van der Waals surface area contributed by atoms with Crippen LogP contribution in [0.1, 0.15) is 10.4 Å². The van der Waals surface area contributed by atoms with Gasteiger partial charge in [-0.3, -0.25) is 10.1 Å². The maximum Gasteiger partial charge on any atom is 0.257 e. The molecule has 2 aromatic carbocycles. The highest BCUT2D eigenvalue weighted by Gasteiger charge is 2.17. The third kappa shape index (κ3) is 4.04. The van der Waals surface area contributed by atoms with Gasteiger partial charge in [0, 0.05) is 26.7 Å². The molecule has 1 aromatic heterocycles. The third-order valence-electron chi connectivity index (χ3n) is 4.03. The fraction of sp³-hybridized carbons (Fsp3) is 0.167. The van der Waals surface area contributed by atoms with Crippen molar-refractivity contribution in [1.29, 1.82) is 0 Å². The van der Waals surface area contributed by atoms with E-state index in [4.69, 9.17) is 12.2 Å². The molecule has 28 heavy (non-hydrogen) atoms. The number of sulfonamides is 1. The lowest BCUT2D eigenvalue weighted by Crippen LogP contribution is -2.29. The first-order chi connectivity index (χ1) is 13.2. The number of carbonyl (C=O) groups is 1. The minimum atomic E-state index is -3.54. The SMILES string of the molecule is CN(C)S(=O)(=O)c1ccc(C(=O)NC(=S)/N=c2\sc3ccccc3n2C)cc1. The smallest absolute Gasteiger partial charge is 0.257 e. The Morgan fingerprint density at radius 3 is 2.39 bits per heavy atom. The number of aryl methyl sites for hydroxylation is 1. The summed E-state index contributed by atoms with van der Waals surface area (Å²) in [5.74, 6) is -0.452. The molecule has 0 aliphatic carbocycles. The zero-order valence-corrected chi connectivity index (χ0v) is 17.9. The quantitative estimate of drug-likeness (QED) is 0.640. The lowest BCUT2D eigenvalue weighted by molar-refractivity contribution is 0.0977. The summed E-state index contributed by atoms with van der Waals surface area (Å²) in [7, 11) is 1.23. The van der Waals surface area contributed by atoms with Crippen molar-refractivity contribution in [3.63, 3.8) is 0 Å². The Morgan fingerprint density at radius 1 is 1.14 bits per heavy atom. The molecule has 7 nitrogen and oxygen atoms in total. The first-order valence-electron chi connectivity index (χ1n) is 8.17. The van der Waals surface area contributed by atoms with Crippen molar-refractivity contribution in [3.8, 4) is 0 Å². The van der Waals surface area contributed by atoms with Gasteiger partial charge in [0.15, 0.2) is 4.80 Å². The Bertz CT molecular complexity index is 1220. The highest BCUT2D eigenvalue weighted by molar-refractivity contribution is 7.89. The fourth-order valence-corrected chi connectivity index (χ4v) is 4.63. The number of rotatable bonds is 3. The molecule has 0 unspecified atom stereocenters. The number of thiocarbonyl (C=S) groups is 1. The molecule has 0 radical (unpaired) electrons. The van der Waals surface area contributed by atoms with Crippen LogP contribution in [0.15, 0.2) is 58.4 Å². The number of thiazole rings is 1. The third-order valence-corrected chi connectivity index (χ3v) is 7.16. The van der Waals surface area contributed by atoms with E-state index in [-0.39, 0.29) is 15.6 Å². The molecule has 3 rings (SSSR count). The summed E-state index contributed by atoms with van der Waals surface area (Å²) in [4.78, 5) is 17.5. The van der Waals surface area contributed by atoms with Gasteiger partial charge in [0.05, 0.1) is 15.1 Å². The predicted octanol–water partition coefficient (Wildman–Crippen LogP) is 2.11. The van der Waals surface area contributed by atoms with E-state index in [1.807, 2.05) is 35.9 Å². The number of amides is 1. The second-order valence-electron chi connectivity index (χ2n) is 6.09. The lowest BCUT2D eigenvalue weighted by Gasteiger charge is -2.11. The molecule has 146 valence electrons. The fourth-order valence-electron chi connectivity index (χ4n) is 2.46. The highest BCUT2D eigenvalue weighted by atomic mass is 32.2. The van der Waals surface area contributed by atoms with E-state index in [9.17, 15) is 13.2 Å². The largest absolute Gasteiger partial charge is 0.319 e. The van der Waals surface area contributed by atoms with E-state index in [2.05, 4.69) is 10.3 Å². The van der Waals surface area contributed by atoms with E-state index in [1.165, 1.54) is 49.7 Å². The van der Waals surface area contributed by atoms with Crippen LogP contribution >= 0.6 is 23.6 Å². The summed E-state index contributed by atoms with van der Waals surface area (Å²) in [5.41, 5.74) is 1.31. The first-order valence-corrected chi connectivity index (χ1v) is 10.8. The molecule has 1 heterocycles. The minimum absolute atomic E-state index is 0.0390. The predicted molar refractivity (Wildman–Crippen MR) is 114 cm³/mol. The van der Waals surface area contributed by atoms with Gasteiger partial charge >= 0.3 is 0 Å². The summed E-state index contributed by atoms with van der Waals surface area (Å²) in [6.07, 6.45) is 0. The van der Waals surface area contributed by atoms with Gasteiger partial charge in [-0.2, -0.15) is 4.99 Å². The average molecular weight is 435 g/mol. The normalized spacial score (nSPS) is 12.5. The summed E-state index contributed by atoms with van der Waals surface area (Å²) < 4.78 is 28.3. The van der Waals surface area contributed by atoms with E-state index in [1.54, 1.807) is 0 Å². The van der Waals surface area contributed by atoms with Crippen molar-refractivity contribution in [3.05, 3.63) is 58.9 Å². The van der Waals surface area contributed by atoms with E-state index >= 15 is 0 Å². The van der Waals surface area contributed by atoms with Gasteiger partial charge in [0.25, 0.3) is 5.91 Å². The zero-order valence-electron chi connectivity index (χ0n) is 15.4. The van der Waals surface area contributed by atoms with E-state index in [0.717, 1.165) is 14.5 Å².